The standard InChI is InChI=1S/C19H25F3N2O2/c1-3-5-16(13-6-4-7-14(11-13)19(20,21)22)24-17(25)8-9-23-18(26)15-10-12(15)2/h4,6-7,11-12,15-16H,3,5,8-10H2,1-2H3,(H,23,26)(H,24,25). The molecule has 3 unspecified atom stereocenters. The molecular formula is C19H25F3N2O2. The fraction of sp³-hybridized carbons (Fsp3) is 0.579. The average molecular weight is 370 g/mol. The molecule has 2 rings (SSSR count). The van der Waals surface area contributed by atoms with Gasteiger partial charge in [-0.1, -0.05) is 32.4 Å². The van der Waals surface area contributed by atoms with Crippen LogP contribution in [0.2, 0.25) is 0 Å². The second kappa shape index (κ2) is 8.56. The van der Waals surface area contributed by atoms with E-state index in [1.165, 1.54) is 6.07 Å². The number of amides is 2. The van der Waals surface area contributed by atoms with Crippen molar-refractivity contribution in [3.8, 4) is 0 Å². The highest BCUT2D eigenvalue weighted by molar-refractivity contribution is 5.82. The van der Waals surface area contributed by atoms with Gasteiger partial charge >= 0.3 is 6.18 Å². The Morgan fingerprint density at radius 1 is 1.31 bits per heavy atom. The van der Waals surface area contributed by atoms with Crippen LogP contribution in [0.1, 0.15) is 56.7 Å². The second-order valence-corrected chi connectivity index (χ2v) is 6.89. The van der Waals surface area contributed by atoms with E-state index in [9.17, 15) is 22.8 Å². The third kappa shape index (κ3) is 5.75. The monoisotopic (exact) mass is 370 g/mol. The third-order valence-corrected chi connectivity index (χ3v) is 4.63. The second-order valence-electron chi connectivity index (χ2n) is 6.89. The summed E-state index contributed by atoms with van der Waals surface area (Å²) in [5.41, 5.74) is -0.290. The lowest BCUT2D eigenvalue weighted by atomic mass is 9.99. The van der Waals surface area contributed by atoms with Crippen molar-refractivity contribution in [3.63, 3.8) is 0 Å². The summed E-state index contributed by atoms with van der Waals surface area (Å²) in [6, 6.07) is 4.56. The van der Waals surface area contributed by atoms with Crippen molar-refractivity contribution < 1.29 is 22.8 Å². The van der Waals surface area contributed by atoms with Crippen LogP contribution in [-0.4, -0.2) is 18.4 Å². The zero-order chi connectivity index (χ0) is 19.3. The maximum Gasteiger partial charge on any atom is 0.416 e. The van der Waals surface area contributed by atoms with Gasteiger partial charge in [-0.05, 0) is 36.5 Å². The van der Waals surface area contributed by atoms with E-state index in [4.69, 9.17) is 0 Å². The summed E-state index contributed by atoms with van der Waals surface area (Å²) in [6.45, 7) is 4.14. The number of benzene rings is 1. The molecule has 0 aromatic heterocycles. The van der Waals surface area contributed by atoms with Crippen molar-refractivity contribution in [3.05, 3.63) is 35.4 Å². The molecule has 4 nitrogen and oxygen atoms in total. The van der Waals surface area contributed by atoms with E-state index < -0.39 is 17.8 Å². The molecule has 0 radical (unpaired) electrons. The highest BCUT2D eigenvalue weighted by Crippen LogP contribution is 2.37. The molecule has 1 aliphatic carbocycles. The number of carbonyl (C=O) groups excluding carboxylic acids is 2. The van der Waals surface area contributed by atoms with Crippen LogP contribution < -0.4 is 10.6 Å². The number of hydrogen-bond acceptors (Lipinski definition) is 2. The van der Waals surface area contributed by atoms with Gasteiger partial charge < -0.3 is 10.6 Å². The topological polar surface area (TPSA) is 58.2 Å². The van der Waals surface area contributed by atoms with Crippen molar-refractivity contribution in [1.82, 2.24) is 10.6 Å². The highest BCUT2D eigenvalue weighted by atomic mass is 19.4. The molecular weight excluding hydrogens is 345 g/mol. The fourth-order valence-corrected chi connectivity index (χ4v) is 2.93. The Balaban J connectivity index is 1.90. The molecule has 0 aliphatic heterocycles. The van der Waals surface area contributed by atoms with Gasteiger partial charge in [0.2, 0.25) is 11.8 Å². The van der Waals surface area contributed by atoms with Gasteiger partial charge in [-0.15, -0.1) is 0 Å². The van der Waals surface area contributed by atoms with E-state index in [1.54, 1.807) is 6.07 Å². The van der Waals surface area contributed by atoms with Crippen molar-refractivity contribution in [2.24, 2.45) is 11.8 Å². The van der Waals surface area contributed by atoms with E-state index in [-0.39, 0.29) is 30.7 Å². The maximum atomic E-state index is 12.9. The fourth-order valence-electron chi connectivity index (χ4n) is 2.93. The van der Waals surface area contributed by atoms with Crippen LogP contribution >= 0.6 is 0 Å². The first kappa shape index (κ1) is 20.3. The number of carbonyl (C=O) groups is 2. The van der Waals surface area contributed by atoms with Crippen molar-refractivity contribution in [1.29, 1.82) is 0 Å². The van der Waals surface area contributed by atoms with Crippen LogP contribution in [0.25, 0.3) is 0 Å². The maximum absolute atomic E-state index is 12.9. The quantitative estimate of drug-likeness (QED) is 0.731. The van der Waals surface area contributed by atoms with Gasteiger partial charge in [0.1, 0.15) is 0 Å². The van der Waals surface area contributed by atoms with Crippen LogP contribution in [0.15, 0.2) is 24.3 Å². The molecule has 1 saturated carbocycles. The number of rotatable bonds is 8. The van der Waals surface area contributed by atoms with Crippen LogP contribution in [0, 0.1) is 11.8 Å². The lowest BCUT2D eigenvalue weighted by molar-refractivity contribution is -0.137. The molecule has 2 N–H and O–H groups in total. The lowest BCUT2D eigenvalue weighted by Crippen LogP contribution is -2.33. The number of hydrogen-bond donors (Lipinski definition) is 2. The molecule has 1 fully saturated rings. The van der Waals surface area contributed by atoms with Gasteiger partial charge in [-0.2, -0.15) is 13.2 Å². The van der Waals surface area contributed by atoms with E-state index >= 15 is 0 Å². The van der Waals surface area contributed by atoms with Crippen molar-refractivity contribution in [2.75, 3.05) is 6.54 Å². The highest BCUT2D eigenvalue weighted by Gasteiger charge is 2.38. The van der Waals surface area contributed by atoms with Crippen LogP contribution in [0.3, 0.4) is 0 Å². The number of alkyl halides is 3. The summed E-state index contributed by atoms with van der Waals surface area (Å²) in [7, 11) is 0. The predicted octanol–water partition coefficient (Wildman–Crippen LogP) is 3.83. The summed E-state index contributed by atoms with van der Waals surface area (Å²) in [5, 5.41) is 5.51. The first-order valence-electron chi connectivity index (χ1n) is 8.96. The first-order chi connectivity index (χ1) is 12.2. The third-order valence-electron chi connectivity index (χ3n) is 4.63. The molecule has 1 aliphatic rings. The summed E-state index contributed by atoms with van der Waals surface area (Å²) in [4.78, 5) is 23.9. The van der Waals surface area contributed by atoms with Gasteiger partial charge in [0, 0.05) is 18.9 Å². The van der Waals surface area contributed by atoms with E-state index in [2.05, 4.69) is 10.6 Å². The van der Waals surface area contributed by atoms with Gasteiger partial charge in [0.05, 0.1) is 11.6 Å². The summed E-state index contributed by atoms with van der Waals surface area (Å²) in [5.74, 6) is 0.132. The molecule has 7 heteroatoms. The lowest BCUT2D eigenvalue weighted by Gasteiger charge is -2.20. The zero-order valence-electron chi connectivity index (χ0n) is 15.0. The van der Waals surface area contributed by atoms with Crippen LogP contribution in [0.4, 0.5) is 13.2 Å². The first-order valence-corrected chi connectivity index (χ1v) is 8.96. The Morgan fingerprint density at radius 2 is 2.00 bits per heavy atom. The zero-order valence-corrected chi connectivity index (χ0v) is 15.0. The summed E-state index contributed by atoms with van der Waals surface area (Å²) in [6.07, 6.45) is -2.17. The summed E-state index contributed by atoms with van der Waals surface area (Å²) >= 11 is 0. The SMILES string of the molecule is CCCC(NC(=O)CCNC(=O)C1CC1C)c1cccc(C(F)(F)F)c1. The summed E-state index contributed by atoms with van der Waals surface area (Å²) < 4.78 is 38.7. The molecule has 0 heterocycles. The van der Waals surface area contributed by atoms with E-state index in [1.807, 2.05) is 13.8 Å². The predicted molar refractivity (Wildman–Crippen MR) is 92.1 cm³/mol. The molecule has 144 valence electrons. The molecule has 26 heavy (non-hydrogen) atoms. The molecule has 1 aromatic carbocycles. The van der Waals surface area contributed by atoms with Crippen molar-refractivity contribution >= 4 is 11.8 Å². The molecule has 0 bridgehead atoms. The molecule has 1 aromatic rings. The molecule has 0 spiro atoms. The van der Waals surface area contributed by atoms with Gasteiger partial charge in [0.15, 0.2) is 0 Å². The largest absolute Gasteiger partial charge is 0.416 e. The molecule has 0 saturated heterocycles. The Labute approximate surface area is 151 Å². The minimum atomic E-state index is -4.42. The Kier molecular flexibility index (Phi) is 6.67. The minimum absolute atomic E-state index is 0.0340. The molecule has 2 amide bonds. The van der Waals surface area contributed by atoms with Gasteiger partial charge in [0.25, 0.3) is 0 Å². The van der Waals surface area contributed by atoms with E-state index in [0.29, 0.717) is 17.9 Å². The molecule has 3 atom stereocenters. The van der Waals surface area contributed by atoms with Crippen LogP contribution in [-0.2, 0) is 15.8 Å². The Hall–Kier alpha value is -2.05. The number of nitrogens with one attached hydrogen (secondary N) is 2. The minimum Gasteiger partial charge on any atom is -0.355 e. The smallest absolute Gasteiger partial charge is 0.355 e. The average Bonchev–Trinajstić information content (AvgIpc) is 3.31. The Morgan fingerprint density at radius 3 is 2.58 bits per heavy atom. The Bertz CT molecular complexity index is 646. The van der Waals surface area contributed by atoms with Crippen molar-refractivity contribution in [2.45, 2.75) is 51.7 Å². The van der Waals surface area contributed by atoms with Gasteiger partial charge in [-0.3, -0.25) is 9.59 Å². The number of halogens is 3. The van der Waals surface area contributed by atoms with Gasteiger partial charge in [-0.25, -0.2) is 0 Å². The van der Waals surface area contributed by atoms with Crippen LogP contribution in [0.5, 0.6) is 0 Å². The van der Waals surface area contributed by atoms with E-state index in [0.717, 1.165) is 25.0 Å². The normalized spacial score (nSPS) is 20.3.